The number of alkyl halides is 3. The summed E-state index contributed by atoms with van der Waals surface area (Å²) in [6.07, 6.45) is -5.94. The number of carbonyl (C=O) groups is 1. The van der Waals surface area contributed by atoms with Gasteiger partial charge >= 0.3 is 6.18 Å². The smallest absolute Gasteiger partial charge is 0.395 e. The van der Waals surface area contributed by atoms with Gasteiger partial charge in [-0.2, -0.15) is 13.2 Å². The number of benzene rings is 1. The molecule has 0 spiro atoms. The molecule has 0 aliphatic heterocycles. The Bertz CT molecular complexity index is 558. The minimum atomic E-state index is -4.60. The van der Waals surface area contributed by atoms with Gasteiger partial charge in [0.25, 0.3) is 0 Å². The zero-order valence-corrected chi connectivity index (χ0v) is 10.9. The second kappa shape index (κ2) is 7.64. The van der Waals surface area contributed by atoms with Crippen LogP contribution in [-0.4, -0.2) is 23.8 Å². The monoisotopic (exact) mass is 303 g/mol. The number of amides is 1. The molecular weight excluding hydrogens is 290 g/mol. The molecule has 7 heteroatoms. The Hall–Kier alpha value is -2.07. The van der Waals surface area contributed by atoms with E-state index in [9.17, 15) is 22.4 Å². The Morgan fingerprint density at radius 1 is 1.33 bits per heavy atom. The fourth-order valence-electron chi connectivity index (χ4n) is 1.45. The van der Waals surface area contributed by atoms with Crippen molar-refractivity contribution in [1.82, 2.24) is 5.32 Å². The zero-order valence-electron chi connectivity index (χ0n) is 10.9. The standard InChI is InChI=1S/C14H13F4NO2/c15-12-5-4-10(3-1-2-6-20)7-11(12)9-19-13(21)8-14(16,17)18/h4-5,7,20H,2,6,8-9H2,(H,19,21). The van der Waals surface area contributed by atoms with Crippen molar-refractivity contribution < 1.29 is 27.5 Å². The van der Waals surface area contributed by atoms with Crippen LogP contribution >= 0.6 is 0 Å². The summed E-state index contributed by atoms with van der Waals surface area (Å²) in [5, 5.41) is 10.6. The number of nitrogens with one attached hydrogen (secondary N) is 1. The molecule has 114 valence electrons. The lowest BCUT2D eigenvalue weighted by Crippen LogP contribution is -2.28. The summed E-state index contributed by atoms with van der Waals surface area (Å²) in [6.45, 7) is -0.454. The van der Waals surface area contributed by atoms with E-state index in [2.05, 4.69) is 11.8 Å². The van der Waals surface area contributed by atoms with Crippen LogP contribution in [0.4, 0.5) is 17.6 Å². The third kappa shape index (κ3) is 6.77. The quantitative estimate of drug-likeness (QED) is 0.661. The maximum absolute atomic E-state index is 13.5. The summed E-state index contributed by atoms with van der Waals surface area (Å²) in [4.78, 5) is 11.0. The highest BCUT2D eigenvalue weighted by Gasteiger charge is 2.30. The van der Waals surface area contributed by atoms with Crippen LogP contribution < -0.4 is 5.32 Å². The van der Waals surface area contributed by atoms with E-state index >= 15 is 0 Å². The zero-order chi connectivity index (χ0) is 15.9. The molecule has 1 amide bonds. The van der Waals surface area contributed by atoms with Crippen LogP contribution in [0.15, 0.2) is 18.2 Å². The van der Waals surface area contributed by atoms with Crippen LogP contribution in [-0.2, 0) is 11.3 Å². The van der Waals surface area contributed by atoms with E-state index in [1.165, 1.54) is 12.1 Å². The van der Waals surface area contributed by atoms with Gasteiger partial charge in [0.15, 0.2) is 0 Å². The van der Waals surface area contributed by atoms with Crippen LogP contribution in [0.2, 0.25) is 0 Å². The molecule has 0 radical (unpaired) electrons. The maximum Gasteiger partial charge on any atom is 0.397 e. The van der Waals surface area contributed by atoms with Gasteiger partial charge in [0.2, 0.25) is 5.91 Å². The normalized spacial score (nSPS) is 10.7. The molecule has 1 aromatic carbocycles. The molecule has 21 heavy (non-hydrogen) atoms. The molecule has 0 bridgehead atoms. The number of rotatable bonds is 4. The molecule has 1 rings (SSSR count). The topological polar surface area (TPSA) is 49.3 Å². The second-order valence-electron chi connectivity index (χ2n) is 4.15. The molecule has 0 aromatic heterocycles. The molecule has 0 unspecified atom stereocenters. The van der Waals surface area contributed by atoms with Crippen LogP contribution in [0.25, 0.3) is 0 Å². The minimum absolute atomic E-state index is 0.0429. The Morgan fingerprint density at radius 2 is 2.05 bits per heavy atom. The van der Waals surface area contributed by atoms with Crippen molar-refractivity contribution in [2.45, 2.75) is 25.6 Å². The first-order valence-corrected chi connectivity index (χ1v) is 6.03. The molecule has 1 aromatic rings. The highest BCUT2D eigenvalue weighted by molar-refractivity contribution is 5.76. The van der Waals surface area contributed by atoms with Crippen molar-refractivity contribution in [3.63, 3.8) is 0 Å². The molecule has 0 saturated carbocycles. The molecule has 0 heterocycles. The Balaban J connectivity index is 2.69. The average Bonchev–Trinajstić information content (AvgIpc) is 2.37. The summed E-state index contributed by atoms with van der Waals surface area (Å²) < 4.78 is 49.4. The van der Waals surface area contributed by atoms with E-state index in [0.29, 0.717) is 5.56 Å². The van der Waals surface area contributed by atoms with E-state index in [0.717, 1.165) is 6.07 Å². The molecule has 0 aliphatic carbocycles. The highest BCUT2D eigenvalue weighted by Crippen LogP contribution is 2.19. The predicted octanol–water partition coefficient (Wildman–Crippen LogP) is 2.13. The minimum Gasteiger partial charge on any atom is -0.395 e. The molecule has 0 fully saturated rings. The highest BCUT2D eigenvalue weighted by atomic mass is 19.4. The van der Waals surface area contributed by atoms with Gasteiger partial charge in [-0.25, -0.2) is 4.39 Å². The Morgan fingerprint density at radius 3 is 2.67 bits per heavy atom. The molecule has 0 saturated heterocycles. The maximum atomic E-state index is 13.5. The van der Waals surface area contributed by atoms with E-state index in [-0.39, 0.29) is 25.1 Å². The van der Waals surface area contributed by atoms with Crippen molar-refractivity contribution in [1.29, 1.82) is 0 Å². The van der Waals surface area contributed by atoms with Gasteiger partial charge in [0.05, 0.1) is 6.61 Å². The van der Waals surface area contributed by atoms with Gasteiger partial charge in [-0.3, -0.25) is 4.79 Å². The lowest BCUT2D eigenvalue weighted by molar-refractivity contribution is -0.153. The lowest BCUT2D eigenvalue weighted by atomic mass is 10.1. The molecular formula is C14H13F4NO2. The first-order valence-electron chi connectivity index (χ1n) is 6.03. The number of hydrogen-bond donors (Lipinski definition) is 2. The Labute approximate surface area is 119 Å². The fraction of sp³-hybridized carbons (Fsp3) is 0.357. The summed E-state index contributed by atoms with van der Waals surface area (Å²) in [5.74, 6) is 3.44. The number of aliphatic hydroxyl groups excluding tert-OH is 1. The van der Waals surface area contributed by atoms with Crippen molar-refractivity contribution in [3.05, 3.63) is 35.1 Å². The van der Waals surface area contributed by atoms with Gasteiger partial charge in [-0.05, 0) is 18.2 Å². The first kappa shape index (κ1) is 17.0. The van der Waals surface area contributed by atoms with E-state index < -0.39 is 24.3 Å². The third-order valence-corrected chi connectivity index (χ3v) is 2.35. The predicted molar refractivity (Wildman–Crippen MR) is 67.5 cm³/mol. The van der Waals surface area contributed by atoms with E-state index in [1.807, 2.05) is 5.32 Å². The van der Waals surface area contributed by atoms with Gasteiger partial charge < -0.3 is 10.4 Å². The summed E-state index contributed by atoms with van der Waals surface area (Å²) in [5.41, 5.74) is 0.492. The number of halogens is 4. The first-order chi connectivity index (χ1) is 9.81. The second-order valence-corrected chi connectivity index (χ2v) is 4.15. The van der Waals surface area contributed by atoms with Crippen LogP contribution in [0.3, 0.4) is 0 Å². The van der Waals surface area contributed by atoms with Crippen molar-refractivity contribution in [2.24, 2.45) is 0 Å². The van der Waals surface area contributed by atoms with Gasteiger partial charge in [-0.1, -0.05) is 11.8 Å². The summed E-state index contributed by atoms with van der Waals surface area (Å²) in [6, 6.07) is 3.86. The lowest BCUT2D eigenvalue weighted by Gasteiger charge is -2.08. The molecule has 3 nitrogen and oxygen atoms in total. The molecule has 0 aliphatic rings. The number of carbonyl (C=O) groups excluding carboxylic acids is 1. The van der Waals surface area contributed by atoms with Crippen molar-refractivity contribution >= 4 is 5.91 Å². The summed E-state index contributed by atoms with van der Waals surface area (Å²) >= 11 is 0. The van der Waals surface area contributed by atoms with Crippen LogP contribution in [0, 0.1) is 17.7 Å². The third-order valence-electron chi connectivity index (χ3n) is 2.35. The largest absolute Gasteiger partial charge is 0.397 e. The molecule has 0 atom stereocenters. The van der Waals surface area contributed by atoms with Gasteiger partial charge in [0, 0.05) is 24.1 Å². The average molecular weight is 303 g/mol. The van der Waals surface area contributed by atoms with Gasteiger partial charge in [-0.15, -0.1) is 0 Å². The van der Waals surface area contributed by atoms with Crippen molar-refractivity contribution in [2.75, 3.05) is 6.61 Å². The van der Waals surface area contributed by atoms with Crippen LogP contribution in [0.1, 0.15) is 24.0 Å². The van der Waals surface area contributed by atoms with E-state index in [1.54, 1.807) is 0 Å². The van der Waals surface area contributed by atoms with Gasteiger partial charge in [0.1, 0.15) is 12.2 Å². The summed E-state index contributed by atoms with van der Waals surface area (Å²) in [7, 11) is 0. The van der Waals surface area contributed by atoms with Crippen molar-refractivity contribution in [3.8, 4) is 11.8 Å². The number of aliphatic hydroxyl groups is 1. The van der Waals surface area contributed by atoms with Crippen LogP contribution in [0.5, 0.6) is 0 Å². The number of hydrogen-bond acceptors (Lipinski definition) is 2. The fourth-order valence-corrected chi connectivity index (χ4v) is 1.45. The SMILES string of the molecule is O=C(CC(F)(F)F)NCc1cc(C#CCCO)ccc1F. The molecule has 2 N–H and O–H groups in total. The van der Waals surface area contributed by atoms with E-state index in [4.69, 9.17) is 5.11 Å². The Kier molecular flexibility index (Phi) is 6.18.